The topological polar surface area (TPSA) is 0 Å². The molecule has 0 heterocycles. The molecule has 0 N–H and O–H groups in total. The van der Waals surface area contributed by atoms with E-state index in [1.54, 1.807) is 0 Å². The van der Waals surface area contributed by atoms with Gasteiger partial charge in [0.05, 0.1) is 0 Å². The van der Waals surface area contributed by atoms with Crippen molar-refractivity contribution in [3.8, 4) is 0 Å². The molecule has 2 heteroatoms. The molecule has 0 atom stereocenters. The number of hydrogen-bond acceptors (Lipinski definition) is 0. The van der Waals surface area contributed by atoms with E-state index in [2.05, 4.69) is 0 Å². The predicted molar refractivity (Wildman–Crippen MR) is 59.7 cm³/mol. The van der Waals surface area contributed by atoms with Crippen LogP contribution in [0, 0.1) is 0 Å². The minimum atomic E-state index is -0.179. The third kappa shape index (κ3) is 6.83. The molecule has 78 valence electrons. The van der Waals surface area contributed by atoms with Crippen molar-refractivity contribution in [2.45, 2.75) is 47.5 Å². The van der Waals surface area contributed by atoms with Gasteiger partial charge in [0.1, 0.15) is 5.83 Å². The molecule has 13 heavy (non-hydrogen) atoms. The highest BCUT2D eigenvalue weighted by Gasteiger charge is 2.02. The molecule has 0 nitrogen and oxygen atoms in total. The molecule has 0 spiro atoms. The number of rotatable bonds is 3. The lowest BCUT2D eigenvalue weighted by molar-refractivity contribution is 0.625. The Balaban J connectivity index is 0. The Kier molecular flexibility index (Phi) is 11.4. The maximum atomic E-state index is 12.7. The largest absolute Gasteiger partial charge is 0.212 e. The molecule has 0 aliphatic rings. The fourth-order valence-corrected chi connectivity index (χ4v) is 1.30. The SMILES string of the molecule is CC.CC/C=C(Cl)\C(CC)=C(/C)F. The molecular weight excluding hydrogens is 187 g/mol. The molecular formula is C11H20ClF. The van der Waals surface area contributed by atoms with Crippen LogP contribution in [0.25, 0.3) is 0 Å². The highest BCUT2D eigenvalue weighted by atomic mass is 35.5. The lowest BCUT2D eigenvalue weighted by atomic mass is 10.1. The predicted octanol–water partition coefficient (Wildman–Crippen LogP) is 5.20. The third-order valence-corrected chi connectivity index (χ3v) is 1.82. The summed E-state index contributed by atoms with van der Waals surface area (Å²) in [5, 5.41) is 0.551. The summed E-state index contributed by atoms with van der Waals surface area (Å²) in [6.45, 7) is 9.30. The van der Waals surface area contributed by atoms with Crippen LogP contribution in [0.4, 0.5) is 4.39 Å². The first kappa shape index (κ1) is 15.2. The molecule has 0 radical (unpaired) electrons. The molecule has 0 saturated heterocycles. The van der Waals surface area contributed by atoms with Crippen molar-refractivity contribution in [3.63, 3.8) is 0 Å². The first-order valence-electron chi connectivity index (χ1n) is 4.84. The molecule has 0 bridgehead atoms. The van der Waals surface area contributed by atoms with Crippen LogP contribution >= 0.6 is 11.6 Å². The molecule has 0 rings (SSSR count). The van der Waals surface area contributed by atoms with Crippen LogP contribution in [0.3, 0.4) is 0 Å². The lowest BCUT2D eigenvalue weighted by Gasteiger charge is -2.02. The van der Waals surface area contributed by atoms with E-state index in [1.807, 2.05) is 33.8 Å². The van der Waals surface area contributed by atoms with Gasteiger partial charge in [0.25, 0.3) is 0 Å². The van der Waals surface area contributed by atoms with Gasteiger partial charge in [0.15, 0.2) is 0 Å². The van der Waals surface area contributed by atoms with Gasteiger partial charge >= 0.3 is 0 Å². The van der Waals surface area contributed by atoms with Crippen LogP contribution in [-0.2, 0) is 0 Å². The van der Waals surface area contributed by atoms with E-state index in [4.69, 9.17) is 11.6 Å². The van der Waals surface area contributed by atoms with Crippen molar-refractivity contribution in [2.75, 3.05) is 0 Å². The summed E-state index contributed by atoms with van der Waals surface area (Å²) in [4.78, 5) is 0. The van der Waals surface area contributed by atoms with Crippen LogP contribution < -0.4 is 0 Å². The molecule has 0 aromatic carbocycles. The van der Waals surface area contributed by atoms with Crippen molar-refractivity contribution in [1.82, 2.24) is 0 Å². The standard InChI is InChI=1S/C9H14ClF.C2H6/c1-4-6-9(10)8(5-2)7(3)11;1-2/h6H,4-5H2,1-3H3;1-2H3/b8-7+,9-6+;. The molecule has 0 aromatic rings. The van der Waals surface area contributed by atoms with Crippen molar-refractivity contribution < 1.29 is 4.39 Å². The normalized spacial score (nSPS) is 13.0. The second kappa shape index (κ2) is 9.79. The average molecular weight is 207 g/mol. The maximum Gasteiger partial charge on any atom is 0.101 e. The van der Waals surface area contributed by atoms with E-state index in [0.717, 1.165) is 6.42 Å². The summed E-state index contributed by atoms with van der Waals surface area (Å²) in [7, 11) is 0. The van der Waals surface area contributed by atoms with Gasteiger partial charge in [-0.15, -0.1) is 0 Å². The fourth-order valence-electron chi connectivity index (χ4n) is 0.879. The van der Waals surface area contributed by atoms with Gasteiger partial charge in [-0.3, -0.25) is 0 Å². The molecule has 0 fully saturated rings. The first-order chi connectivity index (χ1) is 6.13. The highest BCUT2D eigenvalue weighted by molar-refractivity contribution is 6.32. The van der Waals surface area contributed by atoms with Crippen LogP contribution in [0.2, 0.25) is 0 Å². The van der Waals surface area contributed by atoms with Crippen LogP contribution in [0.1, 0.15) is 47.5 Å². The Morgan fingerprint density at radius 1 is 1.31 bits per heavy atom. The zero-order chi connectivity index (χ0) is 10.9. The van der Waals surface area contributed by atoms with Crippen molar-refractivity contribution in [1.29, 1.82) is 0 Å². The van der Waals surface area contributed by atoms with Gasteiger partial charge in [-0.25, -0.2) is 4.39 Å². The zero-order valence-corrected chi connectivity index (χ0v) is 10.0. The fraction of sp³-hybridized carbons (Fsp3) is 0.636. The lowest BCUT2D eigenvalue weighted by Crippen LogP contribution is -1.83. The van der Waals surface area contributed by atoms with Crippen LogP contribution in [0.5, 0.6) is 0 Å². The molecule has 0 aliphatic heterocycles. The van der Waals surface area contributed by atoms with Gasteiger partial charge < -0.3 is 0 Å². The van der Waals surface area contributed by atoms with E-state index in [1.165, 1.54) is 6.92 Å². The first-order valence-corrected chi connectivity index (χ1v) is 5.22. The quantitative estimate of drug-likeness (QED) is 0.557. The molecule has 0 aromatic heterocycles. The minimum absolute atomic E-state index is 0.179. The van der Waals surface area contributed by atoms with Crippen molar-refractivity contribution in [3.05, 3.63) is 22.5 Å². The summed E-state index contributed by atoms with van der Waals surface area (Å²) < 4.78 is 12.7. The third-order valence-electron chi connectivity index (χ3n) is 1.44. The van der Waals surface area contributed by atoms with E-state index >= 15 is 0 Å². The van der Waals surface area contributed by atoms with Crippen molar-refractivity contribution in [2.24, 2.45) is 0 Å². The summed E-state index contributed by atoms with van der Waals surface area (Å²) >= 11 is 5.81. The van der Waals surface area contributed by atoms with Crippen LogP contribution in [0.15, 0.2) is 22.5 Å². The summed E-state index contributed by atoms with van der Waals surface area (Å²) in [5.74, 6) is -0.179. The maximum absolute atomic E-state index is 12.7. The van der Waals surface area contributed by atoms with E-state index in [0.29, 0.717) is 17.0 Å². The molecule has 0 saturated carbocycles. The smallest absolute Gasteiger partial charge is 0.101 e. The van der Waals surface area contributed by atoms with Gasteiger partial charge in [0, 0.05) is 10.6 Å². The van der Waals surface area contributed by atoms with E-state index in [-0.39, 0.29) is 5.83 Å². The molecule has 0 unspecified atom stereocenters. The monoisotopic (exact) mass is 206 g/mol. The molecule has 0 aliphatic carbocycles. The van der Waals surface area contributed by atoms with E-state index in [9.17, 15) is 4.39 Å². The van der Waals surface area contributed by atoms with Gasteiger partial charge in [-0.1, -0.05) is 45.4 Å². The van der Waals surface area contributed by atoms with E-state index < -0.39 is 0 Å². The second-order valence-corrected chi connectivity index (χ2v) is 2.73. The Bertz CT molecular complexity index is 177. The number of halogens is 2. The van der Waals surface area contributed by atoms with Gasteiger partial charge in [-0.2, -0.15) is 0 Å². The minimum Gasteiger partial charge on any atom is -0.212 e. The van der Waals surface area contributed by atoms with Gasteiger partial charge in [-0.05, 0) is 19.8 Å². The highest BCUT2D eigenvalue weighted by Crippen LogP contribution is 2.22. The average Bonchev–Trinajstić information content (AvgIpc) is 2.09. The van der Waals surface area contributed by atoms with Crippen LogP contribution in [-0.4, -0.2) is 0 Å². The zero-order valence-electron chi connectivity index (χ0n) is 9.25. The number of allylic oxidation sites excluding steroid dienone is 4. The van der Waals surface area contributed by atoms with Gasteiger partial charge in [0.2, 0.25) is 0 Å². The second-order valence-electron chi connectivity index (χ2n) is 2.33. The Hall–Kier alpha value is -0.300. The molecule has 0 amide bonds. The summed E-state index contributed by atoms with van der Waals surface area (Å²) in [6, 6.07) is 0. The Labute approximate surface area is 86.5 Å². The summed E-state index contributed by atoms with van der Waals surface area (Å²) in [6.07, 6.45) is 3.32. The number of hydrogen-bond donors (Lipinski definition) is 0. The summed E-state index contributed by atoms with van der Waals surface area (Å²) in [5.41, 5.74) is 0.619. The van der Waals surface area contributed by atoms with Crippen molar-refractivity contribution >= 4 is 11.6 Å². The Morgan fingerprint density at radius 3 is 2.00 bits per heavy atom. The Morgan fingerprint density at radius 2 is 1.77 bits per heavy atom.